The molecule has 0 fully saturated rings. The van der Waals surface area contributed by atoms with Crippen LogP contribution in [0.1, 0.15) is 24.3 Å². The Kier molecular flexibility index (Phi) is 4.77. The normalized spacial score (nSPS) is 12.9. The van der Waals surface area contributed by atoms with E-state index in [2.05, 4.69) is 19.1 Å². The van der Waals surface area contributed by atoms with E-state index in [-0.39, 0.29) is 6.23 Å². The van der Waals surface area contributed by atoms with E-state index in [9.17, 15) is 0 Å². The van der Waals surface area contributed by atoms with E-state index >= 15 is 0 Å². The first kappa shape index (κ1) is 13.0. The van der Waals surface area contributed by atoms with Gasteiger partial charge in [-0.1, -0.05) is 13.0 Å². The summed E-state index contributed by atoms with van der Waals surface area (Å²) in [5, 5.41) is 0. The Bertz CT molecular complexity index is 337. The maximum Gasteiger partial charge on any atom is 0.139 e. The van der Waals surface area contributed by atoms with Gasteiger partial charge in [-0.3, -0.25) is 4.90 Å². The lowest BCUT2D eigenvalue weighted by molar-refractivity contribution is -0.00698. The molecule has 0 aliphatic heterocycles. The molecular formula is C13H21NO2. The average molecular weight is 223 g/mol. The van der Waals surface area contributed by atoms with Crippen LogP contribution in [0.2, 0.25) is 0 Å². The van der Waals surface area contributed by atoms with E-state index < -0.39 is 0 Å². The van der Waals surface area contributed by atoms with Gasteiger partial charge in [-0.15, -0.1) is 0 Å². The Hall–Kier alpha value is -1.06. The van der Waals surface area contributed by atoms with Crippen LogP contribution in [0.25, 0.3) is 0 Å². The van der Waals surface area contributed by atoms with Crippen LogP contribution >= 0.6 is 0 Å². The van der Waals surface area contributed by atoms with Gasteiger partial charge in [0, 0.05) is 12.7 Å². The summed E-state index contributed by atoms with van der Waals surface area (Å²) in [7, 11) is 7.38. The average Bonchev–Trinajstić information content (AvgIpc) is 2.29. The van der Waals surface area contributed by atoms with Crippen molar-refractivity contribution >= 4 is 0 Å². The zero-order valence-corrected chi connectivity index (χ0v) is 10.8. The topological polar surface area (TPSA) is 21.7 Å². The first-order valence-corrected chi connectivity index (χ1v) is 5.50. The van der Waals surface area contributed by atoms with E-state index in [0.717, 1.165) is 17.7 Å². The molecule has 0 bridgehead atoms. The maximum atomic E-state index is 5.49. The Morgan fingerprint density at radius 2 is 1.94 bits per heavy atom. The van der Waals surface area contributed by atoms with Gasteiger partial charge in [0.1, 0.15) is 12.0 Å². The molecular weight excluding hydrogens is 202 g/mol. The van der Waals surface area contributed by atoms with Crippen LogP contribution in [-0.2, 0) is 11.2 Å². The third-order valence-electron chi connectivity index (χ3n) is 2.66. The summed E-state index contributed by atoms with van der Waals surface area (Å²) in [6, 6.07) is 6.24. The fourth-order valence-corrected chi connectivity index (χ4v) is 1.81. The minimum Gasteiger partial charge on any atom is -0.496 e. The quantitative estimate of drug-likeness (QED) is 0.716. The van der Waals surface area contributed by atoms with Crippen molar-refractivity contribution in [2.24, 2.45) is 0 Å². The van der Waals surface area contributed by atoms with Gasteiger partial charge in [-0.05, 0) is 38.2 Å². The summed E-state index contributed by atoms with van der Waals surface area (Å²) in [5.74, 6) is 0.873. The molecule has 16 heavy (non-hydrogen) atoms. The smallest absolute Gasteiger partial charge is 0.139 e. The van der Waals surface area contributed by atoms with Crippen molar-refractivity contribution < 1.29 is 9.47 Å². The van der Waals surface area contributed by atoms with Gasteiger partial charge in [-0.2, -0.15) is 0 Å². The highest BCUT2D eigenvalue weighted by Gasteiger charge is 2.17. The molecule has 0 spiro atoms. The molecule has 0 saturated heterocycles. The lowest BCUT2D eigenvalue weighted by Gasteiger charge is -2.25. The van der Waals surface area contributed by atoms with Crippen LogP contribution in [0.5, 0.6) is 5.75 Å². The van der Waals surface area contributed by atoms with E-state index in [1.165, 1.54) is 5.56 Å². The van der Waals surface area contributed by atoms with E-state index in [1.807, 2.05) is 25.1 Å². The van der Waals surface area contributed by atoms with Gasteiger partial charge < -0.3 is 9.47 Å². The predicted molar refractivity (Wildman–Crippen MR) is 65.8 cm³/mol. The lowest BCUT2D eigenvalue weighted by Crippen LogP contribution is -2.22. The molecule has 3 heteroatoms. The van der Waals surface area contributed by atoms with Gasteiger partial charge in [0.05, 0.1) is 7.11 Å². The van der Waals surface area contributed by atoms with Gasteiger partial charge in [0.2, 0.25) is 0 Å². The molecule has 0 N–H and O–H groups in total. The Balaban J connectivity index is 3.15. The third kappa shape index (κ3) is 2.74. The Morgan fingerprint density at radius 1 is 1.25 bits per heavy atom. The highest BCUT2D eigenvalue weighted by molar-refractivity contribution is 5.38. The highest BCUT2D eigenvalue weighted by atomic mass is 16.5. The van der Waals surface area contributed by atoms with Crippen LogP contribution in [0, 0.1) is 0 Å². The monoisotopic (exact) mass is 223 g/mol. The molecule has 1 atom stereocenters. The summed E-state index contributed by atoms with van der Waals surface area (Å²) in [4.78, 5) is 2.03. The molecule has 1 rings (SSSR count). The molecule has 0 aromatic heterocycles. The second kappa shape index (κ2) is 5.87. The van der Waals surface area contributed by atoms with Crippen molar-refractivity contribution in [3.8, 4) is 5.75 Å². The first-order valence-electron chi connectivity index (χ1n) is 5.50. The van der Waals surface area contributed by atoms with E-state index in [1.54, 1.807) is 14.2 Å². The maximum absolute atomic E-state index is 5.49. The number of ether oxygens (including phenoxy) is 2. The molecule has 0 radical (unpaired) electrons. The molecule has 1 aromatic carbocycles. The van der Waals surface area contributed by atoms with E-state index in [4.69, 9.17) is 9.47 Å². The molecule has 0 aliphatic carbocycles. The second-order valence-corrected chi connectivity index (χ2v) is 3.98. The fraction of sp³-hybridized carbons (Fsp3) is 0.538. The number of hydrogen-bond acceptors (Lipinski definition) is 3. The van der Waals surface area contributed by atoms with Crippen LogP contribution in [0.3, 0.4) is 0 Å². The summed E-state index contributed by atoms with van der Waals surface area (Å²) in [5.41, 5.74) is 2.37. The largest absolute Gasteiger partial charge is 0.496 e. The third-order valence-corrected chi connectivity index (χ3v) is 2.66. The zero-order chi connectivity index (χ0) is 12.1. The standard InChI is InChI=1S/C13H21NO2/c1-6-10-7-8-12(15-4)11(9-10)13(16-5)14(2)3/h7-9,13H,6H2,1-5H3. The molecule has 90 valence electrons. The molecule has 0 heterocycles. The van der Waals surface area contributed by atoms with Crippen molar-refractivity contribution in [3.05, 3.63) is 29.3 Å². The summed E-state index contributed by atoms with van der Waals surface area (Å²) in [6.07, 6.45) is 0.947. The van der Waals surface area contributed by atoms with Crippen molar-refractivity contribution in [2.75, 3.05) is 28.3 Å². The number of benzene rings is 1. The zero-order valence-electron chi connectivity index (χ0n) is 10.8. The predicted octanol–water partition coefficient (Wildman–Crippen LogP) is 2.46. The fourth-order valence-electron chi connectivity index (χ4n) is 1.81. The van der Waals surface area contributed by atoms with Gasteiger partial charge in [0.25, 0.3) is 0 Å². The number of nitrogens with zero attached hydrogens (tertiary/aromatic N) is 1. The number of methoxy groups -OCH3 is 2. The number of rotatable bonds is 5. The summed E-state index contributed by atoms with van der Waals surface area (Å²) >= 11 is 0. The van der Waals surface area contributed by atoms with Crippen LogP contribution < -0.4 is 4.74 Å². The molecule has 0 aliphatic rings. The summed E-state index contributed by atoms with van der Waals surface area (Å²) in [6.45, 7) is 2.14. The Morgan fingerprint density at radius 3 is 2.38 bits per heavy atom. The minimum absolute atomic E-state index is 0.0681. The summed E-state index contributed by atoms with van der Waals surface area (Å²) < 4.78 is 10.9. The van der Waals surface area contributed by atoms with Crippen LogP contribution in [-0.4, -0.2) is 33.2 Å². The molecule has 0 amide bonds. The number of hydrogen-bond donors (Lipinski definition) is 0. The molecule has 0 saturated carbocycles. The SMILES string of the molecule is CCc1ccc(OC)c(C(OC)N(C)C)c1. The van der Waals surface area contributed by atoms with Crippen LogP contribution in [0.4, 0.5) is 0 Å². The number of aryl methyl sites for hydroxylation is 1. The first-order chi connectivity index (χ1) is 7.63. The van der Waals surface area contributed by atoms with Crippen molar-refractivity contribution in [2.45, 2.75) is 19.6 Å². The van der Waals surface area contributed by atoms with Crippen molar-refractivity contribution in [1.82, 2.24) is 4.90 Å². The minimum atomic E-state index is -0.0681. The molecule has 1 unspecified atom stereocenters. The Labute approximate surface area is 98.0 Å². The highest BCUT2D eigenvalue weighted by Crippen LogP contribution is 2.29. The van der Waals surface area contributed by atoms with E-state index in [0.29, 0.717) is 0 Å². The second-order valence-electron chi connectivity index (χ2n) is 3.98. The van der Waals surface area contributed by atoms with Crippen LogP contribution in [0.15, 0.2) is 18.2 Å². The van der Waals surface area contributed by atoms with Gasteiger partial charge >= 0.3 is 0 Å². The molecule has 3 nitrogen and oxygen atoms in total. The molecule has 1 aromatic rings. The van der Waals surface area contributed by atoms with Gasteiger partial charge in [-0.25, -0.2) is 0 Å². The van der Waals surface area contributed by atoms with Crippen molar-refractivity contribution in [3.63, 3.8) is 0 Å². The van der Waals surface area contributed by atoms with Gasteiger partial charge in [0.15, 0.2) is 0 Å². The lowest BCUT2D eigenvalue weighted by atomic mass is 10.1. The van der Waals surface area contributed by atoms with Crippen molar-refractivity contribution in [1.29, 1.82) is 0 Å².